The molecule has 1 N–H and O–H groups in total. The zero-order valence-electron chi connectivity index (χ0n) is 8.18. The molecular formula is C12H7NO3. The van der Waals surface area contributed by atoms with Crippen molar-refractivity contribution in [3.8, 4) is 0 Å². The van der Waals surface area contributed by atoms with Gasteiger partial charge in [0, 0.05) is 0 Å². The van der Waals surface area contributed by atoms with Crippen molar-refractivity contribution in [3.05, 3.63) is 47.5 Å². The van der Waals surface area contributed by atoms with E-state index in [9.17, 15) is 14.8 Å². The molecule has 1 aliphatic rings. The first-order valence-corrected chi connectivity index (χ1v) is 4.79. The van der Waals surface area contributed by atoms with E-state index in [1.807, 2.05) is 12.1 Å². The Labute approximate surface area is 90.7 Å². The highest BCUT2D eigenvalue weighted by Gasteiger charge is 2.36. The van der Waals surface area contributed by atoms with Gasteiger partial charge in [0.05, 0.1) is 11.1 Å². The van der Waals surface area contributed by atoms with Gasteiger partial charge in [0.1, 0.15) is 0 Å². The maximum atomic E-state index is 11.7. The molecule has 2 aromatic rings. The number of carbonyl (C=O) groups excluding carboxylic acids is 2. The number of fused-ring (bicyclic) bond motifs is 3. The number of rotatable bonds is 0. The van der Waals surface area contributed by atoms with Crippen molar-refractivity contribution in [2.45, 2.75) is 0 Å². The molecule has 0 saturated heterocycles. The minimum absolute atomic E-state index is 0.164. The highest BCUT2D eigenvalue weighted by Crippen LogP contribution is 2.28. The summed E-state index contributed by atoms with van der Waals surface area (Å²) in [4.78, 5) is 23.2. The number of benzene rings is 2. The highest BCUT2D eigenvalue weighted by molar-refractivity contribution is 6.25. The van der Waals surface area contributed by atoms with Gasteiger partial charge >= 0.3 is 0 Å². The molecule has 1 aliphatic heterocycles. The Bertz CT molecular complexity index is 633. The second-order valence-corrected chi connectivity index (χ2v) is 3.63. The van der Waals surface area contributed by atoms with Gasteiger partial charge in [-0.15, -0.1) is 5.06 Å². The Morgan fingerprint density at radius 2 is 1.69 bits per heavy atom. The minimum Gasteiger partial charge on any atom is -0.278 e. The average Bonchev–Trinajstić information content (AvgIpc) is 2.55. The molecule has 0 radical (unpaired) electrons. The lowest BCUT2D eigenvalue weighted by atomic mass is 10.0. The molecule has 0 unspecified atom stereocenters. The van der Waals surface area contributed by atoms with Gasteiger partial charge in [0.15, 0.2) is 0 Å². The van der Waals surface area contributed by atoms with Crippen LogP contribution in [0.3, 0.4) is 0 Å². The maximum absolute atomic E-state index is 11.7. The monoisotopic (exact) mass is 213 g/mol. The van der Waals surface area contributed by atoms with Crippen LogP contribution in [0.2, 0.25) is 0 Å². The summed E-state index contributed by atoms with van der Waals surface area (Å²) < 4.78 is 0. The van der Waals surface area contributed by atoms with Crippen LogP contribution >= 0.6 is 0 Å². The van der Waals surface area contributed by atoms with E-state index in [-0.39, 0.29) is 16.2 Å². The van der Waals surface area contributed by atoms with Crippen LogP contribution in [0.5, 0.6) is 0 Å². The van der Waals surface area contributed by atoms with Crippen molar-refractivity contribution >= 4 is 22.6 Å². The van der Waals surface area contributed by atoms with E-state index < -0.39 is 11.8 Å². The van der Waals surface area contributed by atoms with Crippen molar-refractivity contribution in [1.82, 2.24) is 5.06 Å². The zero-order valence-corrected chi connectivity index (χ0v) is 8.18. The van der Waals surface area contributed by atoms with Crippen molar-refractivity contribution in [3.63, 3.8) is 0 Å². The number of hydrogen-bond acceptors (Lipinski definition) is 3. The van der Waals surface area contributed by atoms with Gasteiger partial charge in [-0.25, -0.2) is 0 Å². The Balaban J connectivity index is 2.46. The average molecular weight is 213 g/mol. The summed E-state index contributed by atoms with van der Waals surface area (Å²) in [5.41, 5.74) is 0.539. The lowest BCUT2D eigenvalue weighted by Crippen LogP contribution is -2.25. The van der Waals surface area contributed by atoms with Crippen LogP contribution in [0.25, 0.3) is 10.8 Å². The summed E-state index contributed by atoms with van der Waals surface area (Å²) in [5.74, 6) is -1.32. The molecule has 78 valence electrons. The molecule has 0 aromatic heterocycles. The molecule has 0 spiro atoms. The third-order valence-corrected chi connectivity index (χ3v) is 2.76. The Morgan fingerprint density at radius 1 is 0.938 bits per heavy atom. The maximum Gasteiger partial charge on any atom is 0.286 e. The Morgan fingerprint density at radius 3 is 2.50 bits per heavy atom. The van der Waals surface area contributed by atoms with E-state index in [0.29, 0.717) is 5.39 Å². The Hall–Kier alpha value is -2.20. The van der Waals surface area contributed by atoms with Crippen LogP contribution in [-0.4, -0.2) is 22.1 Å². The van der Waals surface area contributed by atoms with Gasteiger partial charge in [0.25, 0.3) is 11.8 Å². The van der Waals surface area contributed by atoms with Gasteiger partial charge in [-0.05, 0) is 16.8 Å². The van der Waals surface area contributed by atoms with Gasteiger partial charge in [0.2, 0.25) is 0 Å². The lowest BCUT2D eigenvalue weighted by molar-refractivity contribution is -0.0326. The largest absolute Gasteiger partial charge is 0.286 e. The molecule has 0 atom stereocenters. The number of carbonyl (C=O) groups is 2. The molecule has 3 rings (SSSR count). The predicted octanol–water partition coefficient (Wildman–Crippen LogP) is 1.82. The van der Waals surface area contributed by atoms with E-state index in [0.717, 1.165) is 5.39 Å². The van der Waals surface area contributed by atoms with Gasteiger partial charge in [-0.3, -0.25) is 14.8 Å². The van der Waals surface area contributed by atoms with E-state index in [1.54, 1.807) is 24.3 Å². The minimum atomic E-state index is -0.661. The van der Waals surface area contributed by atoms with Crippen LogP contribution in [0.4, 0.5) is 0 Å². The predicted molar refractivity (Wildman–Crippen MR) is 56.2 cm³/mol. The molecule has 0 bridgehead atoms. The first kappa shape index (κ1) is 9.06. The molecule has 2 aromatic carbocycles. The zero-order chi connectivity index (χ0) is 11.3. The highest BCUT2D eigenvalue weighted by atomic mass is 16.5. The fourth-order valence-corrected chi connectivity index (χ4v) is 1.99. The van der Waals surface area contributed by atoms with E-state index in [2.05, 4.69) is 0 Å². The van der Waals surface area contributed by atoms with Crippen molar-refractivity contribution in [2.24, 2.45) is 0 Å². The smallest absolute Gasteiger partial charge is 0.278 e. The van der Waals surface area contributed by atoms with Crippen molar-refractivity contribution in [1.29, 1.82) is 0 Å². The third-order valence-electron chi connectivity index (χ3n) is 2.76. The second kappa shape index (κ2) is 2.90. The number of hydroxylamine groups is 2. The number of imide groups is 1. The van der Waals surface area contributed by atoms with Crippen LogP contribution in [0.15, 0.2) is 36.4 Å². The van der Waals surface area contributed by atoms with Gasteiger partial charge < -0.3 is 0 Å². The first-order valence-electron chi connectivity index (χ1n) is 4.79. The van der Waals surface area contributed by atoms with E-state index in [4.69, 9.17) is 0 Å². The van der Waals surface area contributed by atoms with E-state index >= 15 is 0 Å². The summed E-state index contributed by atoms with van der Waals surface area (Å²) >= 11 is 0. The van der Waals surface area contributed by atoms with Crippen molar-refractivity contribution in [2.75, 3.05) is 0 Å². The van der Waals surface area contributed by atoms with Crippen LogP contribution in [0.1, 0.15) is 20.7 Å². The standard InChI is InChI=1S/C12H7NO3/c14-11-9-6-5-7-3-1-2-4-8(7)10(9)12(15)13(11)16/h1-6,16H. The number of nitrogens with zero attached hydrogens (tertiary/aromatic N) is 1. The van der Waals surface area contributed by atoms with Crippen molar-refractivity contribution < 1.29 is 14.8 Å². The van der Waals surface area contributed by atoms with Crippen LogP contribution in [-0.2, 0) is 0 Å². The SMILES string of the molecule is O=C1c2ccc3ccccc3c2C(=O)N1O. The normalized spacial score (nSPS) is 14.7. The molecule has 0 aliphatic carbocycles. The lowest BCUT2D eigenvalue weighted by Gasteiger charge is -2.01. The number of hydrogen-bond donors (Lipinski definition) is 1. The van der Waals surface area contributed by atoms with E-state index in [1.165, 1.54) is 0 Å². The molecule has 2 amide bonds. The summed E-state index contributed by atoms with van der Waals surface area (Å²) in [7, 11) is 0. The van der Waals surface area contributed by atoms with Crippen LogP contribution < -0.4 is 0 Å². The molecule has 0 fully saturated rings. The molecule has 0 saturated carbocycles. The van der Waals surface area contributed by atoms with Gasteiger partial charge in [-0.2, -0.15) is 0 Å². The quantitative estimate of drug-likeness (QED) is 0.536. The molecule has 16 heavy (non-hydrogen) atoms. The first-order chi connectivity index (χ1) is 7.70. The third kappa shape index (κ3) is 0.963. The fourth-order valence-electron chi connectivity index (χ4n) is 1.99. The molecule has 4 heteroatoms. The second-order valence-electron chi connectivity index (χ2n) is 3.63. The summed E-state index contributed by atoms with van der Waals surface area (Å²) in [6, 6.07) is 10.6. The topological polar surface area (TPSA) is 57.6 Å². The fraction of sp³-hybridized carbons (Fsp3) is 0. The summed E-state index contributed by atoms with van der Waals surface area (Å²) in [5, 5.41) is 11.0. The number of amides is 2. The molecule has 1 heterocycles. The summed E-state index contributed by atoms with van der Waals surface area (Å²) in [6.07, 6.45) is 0. The summed E-state index contributed by atoms with van der Waals surface area (Å²) in [6.45, 7) is 0. The van der Waals surface area contributed by atoms with Crippen LogP contribution in [0, 0.1) is 0 Å². The van der Waals surface area contributed by atoms with Gasteiger partial charge in [-0.1, -0.05) is 30.3 Å². The molecule has 4 nitrogen and oxygen atoms in total. The Kier molecular flexibility index (Phi) is 1.64. The molecular weight excluding hydrogens is 206 g/mol.